The molecule has 0 aliphatic rings. The number of hydrogen-bond acceptors (Lipinski definition) is 10. The highest BCUT2D eigenvalue weighted by Crippen LogP contribution is 2.58. The average Bonchev–Trinajstić information content (AvgIpc) is 1.51. The van der Waals surface area contributed by atoms with E-state index in [-0.39, 0.29) is 0 Å². The van der Waals surface area contributed by atoms with Gasteiger partial charge in [-0.25, -0.2) is 0 Å². The maximum Gasteiger partial charge on any atom is 0.125 e. The molecule has 104 heavy (non-hydrogen) atoms. The molecule has 10 nitrogen and oxygen atoms in total. The van der Waals surface area contributed by atoms with Gasteiger partial charge in [0.05, 0.1) is 87.0 Å². The first-order chi connectivity index (χ1) is 51.3. The lowest BCUT2D eigenvalue weighted by atomic mass is 9.87. The Balaban J connectivity index is 1.12. The van der Waals surface area contributed by atoms with Gasteiger partial charge in [-0.1, -0.05) is 216 Å². The first-order valence-corrected chi connectivity index (χ1v) is 39.0. The molecule has 0 N–H and O–H groups in total. The number of benzene rings is 11. The Bertz CT molecular complexity index is 4340. The van der Waals surface area contributed by atoms with Crippen LogP contribution < -0.4 is 47.7 Å². The summed E-state index contributed by atoms with van der Waals surface area (Å²) < 4.78 is 53.3. The Morgan fingerprint density at radius 3 is 0.663 bits per heavy atom. The van der Waals surface area contributed by atoms with Crippen LogP contribution in [0.4, 0.5) is 34.1 Å². The third-order valence-electron chi connectivity index (χ3n) is 19.8. The quantitative estimate of drug-likeness (QED) is 0.0347. The highest BCUT2D eigenvalue weighted by molar-refractivity contribution is 6.47. The van der Waals surface area contributed by atoms with Gasteiger partial charge in [0.15, 0.2) is 0 Å². The molecular weight excluding hydrogens is 1290 g/mol. The summed E-state index contributed by atoms with van der Waals surface area (Å²) in [7, 11) is 0. The lowest BCUT2D eigenvalue weighted by Crippen LogP contribution is -2.12. The van der Waals surface area contributed by atoms with Crippen molar-refractivity contribution in [1.29, 1.82) is 0 Å². The minimum atomic E-state index is 0.596. The molecule has 0 spiro atoms. The van der Waals surface area contributed by atoms with Gasteiger partial charge in [-0.05, 0) is 140 Å². The maximum absolute atomic E-state index is 6.67. The minimum absolute atomic E-state index is 0.596. The van der Waals surface area contributed by atoms with Crippen molar-refractivity contribution in [2.75, 3.05) is 62.7 Å². The number of nitrogens with zero attached hydrogens (tertiary/aromatic N) is 2. The second-order valence-electron chi connectivity index (χ2n) is 27.6. The molecule has 0 heterocycles. The Kier molecular flexibility index (Phi) is 24.3. The first kappa shape index (κ1) is 72.3. The van der Waals surface area contributed by atoms with Crippen molar-refractivity contribution >= 4 is 98.8 Å². The Hall–Kier alpha value is -10.1. The number of unbranched alkanes of at least 4 members (excludes halogenated alkanes) is 8. The van der Waals surface area contributed by atoms with E-state index < -0.39 is 0 Å². The van der Waals surface area contributed by atoms with Crippen LogP contribution in [-0.4, -0.2) is 52.9 Å². The van der Waals surface area contributed by atoms with Crippen LogP contribution in [0.1, 0.15) is 158 Å². The number of fused-ring (bicyclic) bond motifs is 6. The predicted molar refractivity (Wildman–Crippen MR) is 437 cm³/mol. The van der Waals surface area contributed by atoms with Crippen molar-refractivity contribution in [2.45, 2.75) is 158 Å². The zero-order valence-electron chi connectivity index (χ0n) is 62.6. The highest BCUT2D eigenvalue weighted by atomic mass is 16.5. The van der Waals surface area contributed by atoms with Crippen LogP contribution >= 0.6 is 0 Å². The van der Waals surface area contributed by atoms with E-state index >= 15 is 0 Å². The van der Waals surface area contributed by atoms with E-state index in [1.54, 1.807) is 0 Å². The van der Waals surface area contributed by atoms with Crippen LogP contribution in [0.2, 0.25) is 0 Å². The summed E-state index contributed by atoms with van der Waals surface area (Å²) in [4.78, 5) is 4.76. The van der Waals surface area contributed by atoms with Crippen molar-refractivity contribution in [3.63, 3.8) is 0 Å². The van der Waals surface area contributed by atoms with Gasteiger partial charge in [0.2, 0.25) is 0 Å². The lowest BCUT2D eigenvalue weighted by molar-refractivity contribution is 0.293. The number of rotatable bonds is 40. The smallest absolute Gasteiger partial charge is 0.125 e. The van der Waals surface area contributed by atoms with E-state index in [1.165, 1.54) is 65.0 Å². The van der Waals surface area contributed by atoms with Gasteiger partial charge < -0.3 is 47.7 Å². The monoisotopic (exact) mass is 1390 g/mol. The van der Waals surface area contributed by atoms with Gasteiger partial charge in [-0.15, -0.1) is 0 Å². The fraction of sp³-hybridized carbons (Fsp3) is 0.340. The molecule has 0 unspecified atom stereocenters. The van der Waals surface area contributed by atoms with Crippen molar-refractivity contribution in [3.8, 4) is 68.2 Å². The maximum atomic E-state index is 6.67. The Morgan fingerprint density at radius 1 is 0.212 bits per heavy atom. The fourth-order valence-corrected chi connectivity index (χ4v) is 14.6. The molecule has 0 saturated heterocycles. The zero-order valence-corrected chi connectivity index (χ0v) is 62.6. The summed E-state index contributed by atoms with van der Waals surface area (Å²) in [5.41, 5.74) is 10.3. The van der Waals surface area contributed by atoms with E-state index in [2.05, 4.69) is 259 Å². The van der Waals surface area contributed by atoms with Crippen LogP contribution in [0.15, 0.2) is 194 Å². The van der Waals surface area contributed by atoms with E-state index in [0.29, 0.717) is 52.9 Å². The molecule has 13 aromatic carbocycles. The van der Waals surface area contributed by atoms with Gasteiger partial charge in [0, 0.05) is 83.6 Å². The Morgan fingerprint density at radius 2 is 0.433 bits per heavy atom. The largest absolute Gasteiger partial charge is 0.493 e. The standard InChI is InChI=1S/C94H104N2O8/c1-9-17-45-97-71-53-67(54-72(61-71)98-46-18-10-2)95(68-55-73(99-47-19-11-3)62-74(56-68)100-48-20-12-4)85-43-41-83-89-79(85)37-31-39-81(89)91-87(65-33-27-25-28-34-65)92-82-40-32-38-80-86(44-42-84(90(80)82)94(92)88(93(83)91)66-35-29-26-30-36-66)96(69-57-75(101-49-21-13-5)63-76(58-69)102-50-22-14-6)70-59-77(103-51-23-15-7)64-78(60-70)104-52-24-16-8/h25-44,53-64H,9-24,45-52H2,1-8H3. The average molecular weight is 1390 g/mol. The molecule has 0 aliphatic carbocycles. The first-order valence-electron chi connectivity index (χ1n) is 39.0. The van der Waals surface area contributed by atoms with Crippen molar-refractivity contribution in [3.05, 3.63) is 194 Å². The minimum Gasteiger partial charge on any atom is -0.493 e. The van der Waals surface area contributed by atoms with Crippen LogP contribution in [-0.2, 0) is 0 Å². The summed E-state index contributed by atoms with van der Waals surface area (Å²) in [6.07, 6.45) is 15.7. The van der Waals surface area contributed by atoms with E-state index in [4.69, 9.17) is 37.9 Å². The molecule has 0 amide bonds. The van der Waals surface area contributed by atoms with Gasteiger partial charge in [0.25, 0.3) is 0 Å². The summed E-state index contributed by atoms with van der Waals surface area (Å²) >= 11 is 0. The van der Waals surface area contributed by atoms with Gasteiger partial charge in [0.1, 0.15) is 46.0 Å². The van der Waals surface area contributed by atoms with Crippen molar-refractivity contribution in [1.82, 2.24) is 0 Å². The van der Waals surface area contributed by atoms with Gasteiger partial charge in [-0.2, -0.15) is 0 Å². The number of ether oxygens (including phenoxy) is 8. The van der Waals surface area contributed by atoms with Crippen molar-refractivity contribution in [2.24, 2.45) is 0 Å². The van der Waals surface area contributed by atoms with Gasteiger partial charge in [-0.3, -0.25) is 0 Å². The molecule has 0 fully saturated rings. The third kappa shape index (κ3) is 15.7. The molecule has 0 aliphatic heterocycles. The molecule has 10 heteroatoms. The third-order valence-corrected chi connectivity index (χ3v) is 19.8. The highest BCUT2D eigenvalue weighted by Gasteiger charge is 2.31. The van der Waals surface area contributed by atoms with Crippen LogP contribution in [0.25, 0.3) is 86.9 Å². The van der Waals surface area contributed by atoms with E-state index in [1.807, 2.05) is 0 Å². The molecule has 0 atom stereocenters. The van der Waals surface area contributed by atoms with Gasteiger partial charge >= 0.3 is 0 Å². The summed E-state index contributed by atoms with van der Waals surface area (Å²) in [6.45, 7) is 22.4. The predicted octanol–water partition coefficient (Wildman–Crippen LogP) is 27.2. The molecular formula is C94H104N2O8. The molecule has 0 bridgehead atoms. The zero-order chi connectivity index (χ0) is 71.7. The normalized spacial score (nSPS) is 11.6. The molecule has 538 valence electrons. The lowest BCUT2D eigenvalue weighted by Gasteiger charge is -2.29. The Labute approximate surface area is 616 Å². The number of hydrogen-bond donors (Lipinski definition) is 0. The number of anilines is 6. The van der Waals surface area contributed by atoms with Crippen molar-refractivity contribution < 1.29 is 37.9 Å². The van der Waals surface area contributed by atoms with Crippen LogP contribution in [0.5, 0.6) is 46.0 Å². The fourth-order valence-electron chi connectivity index (χ4n) is 14.6. The van der Waals surface area contributed by atoms with E-state index in [0.717, 1.165) is 205 Å². The second kappa shape index (κ2) is 34.9. The topological polar surface area (TPSA) is 80.3 Å². The molecule has 0 radical (unpaired) electrons. The van der Waals surface area contributed by atoms with Crippen LogP contribution in [0, 0.1) is 0 Å². The second-order valence-corrected chi connectivity index (χ2v) is 27.6. The molecule has 0 saturated carbocycles. The van der Waals surface area contributed by atoms with E-state index in [9.17, 15) is 0 Å². The summed E-state index contributed by atoms with van der Waals surface area (Å²) in [6, 6.07) is 71.3. The molecule has 0 aromatic heterocycles. The molecule has 13 rings (SSSR count). The van der Waals surface area contributed by atoms with Crippen LogP contribution in [0.3, 0.4) is 0 Å². The summed E-state index contributed by atoms with van der Waals surface area (Å²) in [5.74, 6) is 6.09. The molecule has 13 aromatic rings. The summed E-state index contributed by atoms with van der Waals surface area (Å²) in [5, 5.41) is 14.2. The SMILES string of the molecule is CCCCOc1cc(OCCCC)cc(N(c2cc(OCCCC)cc(OCCCC)c2)c2ccc3c4c(-c5ccccc5)c5c6ccc(N(c7cc(OCCCC)cc(OCCCC)c7)c7cc(OCCCC)cc(OCCCC)c7)c7cccc(c5c(-c5ccccc5)c4c4cccc2c43)c76)c1.